The van der Waals surface area contributed by atoms with Crippen molar-refractivity contribution in [2.24, 2.45) is 0 Å². The summed E-state index contributed by atoms with van der Waals surface area (Å²) in [4.78, 5) is 4.88. The van der Waals surface area contributed by atoms with E-state index in [9.17, 15) is 0 Å². The average Bonchev–Trinajstić information content (AvgIpc) is 2.54. The van der Waals surface area contributed by atoms with Crippen LogP contribution >= 0.6 is 15.9 Å². The van der Waals surface area contributed by atoms with Gasteiger partial charge in [-0.15, -0.1) is 0 Å². The number of hydrogen-bond donors (Lipinski definition) is 0. The van der Waals surface area contributed by atoms with E-state index in [0.29, 0.717) is 0 Å². The molecule has 3 aromatic carbocycles. The second-order valence-corrected chi connectivity index (χ2v) is 6.43. The fourth-order valence-electron chi connectivity index (χ4n) is 3.00. The molecular formula is C20H14BrN. The molecule has 0 aliphatic rings. The molecule has 0 fully saturated rings. The molecule has 0 aliphatic heterocycles. The maximum Gasteiger partial charge on any atom is 0.0718 e. The number of rotatable bonds is 1. The first-order chi connectivity index (χ1) is 10.7. The summed E-state index contributed by atoms with van der Waals surface area (Å²) in [5.74, 6) is 0. The van der Waals surface area contributed by atoms with Gasteiger partial charge in [-0.25, -0.2) is 4.98 Å². The van der Waals surface area contributed by atoms with Gasteiger partial charge in [0, 0.05) is 15.4 Å². The number of pyridine rings is 1. The molecule has 22 heavy (non-hydrogen) atoms. The number of aryl methyl sites for hydroxylation is 1. The molecule has 0 saturated heterocycles. The first kappa shape index (κ1) is 13.5. The molecule has 2 heteroatoms. The quantitative estimate of drug-likeness (QED) is 0.377. The van der Waals surface area contributed by atoms with Gasteiger partial charge < -0.3 is 0 Å². The van der Waals surface area contributed by atoms with Crippen molar-refractivity contribution in [3.8, 4) is 11.3 Å². The fourth-order valence-corrected chi connectivity index (χ4v) is 3.40. The smallest absolute Gasteiger partial charge is 0.0718 e. The van der Waals surface area contributed by atoms with Crippen LogP contribution in [0.3, 0.4) is 0 Å². The van der Waals surface area contributed by atoms with E-state index in [0.717, 1.165) is 21.2 Å². The lowest BCUT2D eigenvalue weighted by atomic mass is 9.99. The molecule has 0 saturated carbocycles. The minimum absolute atomic E-state index is 1.02. The minimum Gasteiger partial charge on any atom is -0.248 e. The second kappa shape index (κ2) is 5.22. The van der Waals surface area contributed by atoms with E-state index in [2.05, 4.69) is 77.5 Å². The molecule has 4 rings (SSSR count). The zero-order valence-electron chi connectivity index (χ0n) is 12.2. The molecule has 4 aromatic rings. The lowest BCUT2D eigenvalue weighted by Gasteiger charge is -2.10. The van der Waals surface area contributed by atoms with Crippen molar-refractivity contribution in [3.05, 3.63) is 76.8 Å². The standard InChI is InChI=1S/C20H14BrN/c1-13-11-19(15-6-4-7-16(21)12-15)22-18-10-9-14-5-2-3-8-17(14)20(13)18/h2-12H,1H3. The van der Waals surface area contributed by atoms with Gasteiger partial charge in [0.15, 0.2) is 0 Å². The van der Waals surface area contributed by atoms with Crippen molar-refractivity contribution in [2.45, 2.75) is 6.92 Å². The molecular weight excluding hydrogens is 334 g/mol. The number of nitrogens with zero attached hydrogens (tertiary/aromatic N) is 1. The summed E-state index contributed by atoms with van der Waals surface area (Å²) in [5.41, 5.74) is 4.46. The third-order valence-electron chi connectivity index (χ3n) is 4.02. The van der Waals surface area contributed by atoms with E-state index in [1.54, 1.807) is 0 Å². The maximum absolute atomic E-state index is 4.88. The van der Waals surface area contributed by atoms with Gasteiger partial charge >= 0.3 is 0 Å². The Morgan fingerprint density at radius 3 is 2.59 bits per heavy atom. The largest absolute Gasteiger partial charge is 0.248 e. The predicted octanol–water partition coefficient (Wildman–Crippen LogP) is 6.13. The predicted molar refractivity (Wildman–Crippen MR) is 97.1 cm³/mol. The molecule has 1 heterocycles. The number of benzene rings is 3. The van der Waals surface area contributed by atoms with Gasteiger partial charge in [0.05, 0.1) is 11.2 Å². The molecule has 1 aromatic heterocycles. The van der Waals surface area contributed by atoms with Crippen molar-refractivity contribution in [2.75, 3.05) is 0 Å². The summed E-state index contributed by atoms with van der Waals surface area (Å²) in [7, 11) is 0. The summed E-state index contributed by atoms with van der Waals surface area (Å²) in [6.45, 7) is 2.16. The minimum atomic E-state index is 1.02. The van der Waals surface area contributed by atoms with Crippen LogP contribution in [0.15, 0.2) is 71.2 Å². The molecule has 0 N–H and O–H groups in total. The Kier molecular flexibility index (Phi) is 3.20. The Labute approximate surface area is 137 Å². The number of hydrogen-bond acceptors (Lipinski definition) is 1. The van der Waals surface area contributed by atoms with Gasteiger partial charge in [0.1, 0.15) is 0 Å². The molecule has 106 valence electrons. The highest BCUT2D eigenvalue weighted by Gasteiger charge is 2.08. The van der Waals surface area contributed by atoms with Crippen LogP contribution in [-0.2, 0) is 0 Å². The molecule has 0 spiro atoms. The summed E-state index contributed by atoms with van der Waals surface area (Å²) in [6, 6.07) is 23.2. The Balaban J connectivity index is 2.03. The first-order valence-corrected chi connectivity index (χ1v) is 8.07. The zero-order valence-corrected chi connectivity index (χ0v) is 13.8. The molecule has 0 unspecified atom stereocenters. The number of aromatic nitrogens is 1. The van der Waals surface area contributed by atoms with Gasteiger partial charge in [-0.3, -0.25) is 0 Å². The highest BCUT2D eigenvalue weighted by molar-refractivity contribution is 9.10. The number of fused-ring (bicyclic) bond motifs is 3. The summed E-state index contributed by atoms with van der Waals surface area (Å²) >= 11 is 3.53. The van der Waals surface area contributed by atoms with Crippen LogP contribution < -0.4 is 0 Å². The van der Waals surface area contributed by atoms with E-state index in [4.69, 9.17) is 4.98 Å². The highest BCUT2D eigenvalue weighted by Crippen LogP contribution is 2.30. The Morgan fingerprint density at radius 1 is 0.864 bits per heavy atom. The highest BCUT2D eigenvalue weighted by atomic mass is 79.9. The van der Waals surface area contributed by atoms with Crippen molar-refractivity contribution < 1.29 is 0 Å². The van der Waals surface area contributed by atoms with Crippen LogP contribution in [0.25, 0.3) is 32.9 Å². The van der Waals surface area contributed by atoms with E-state index >= 15 is 0 Å². The lowest BCUT2D eigenvalue weighted by molar-refractivity contribution is 1.36. The normalized spacial score (nSPS) is 11.2. The third-order valence-corrected chi connectivity index (χ3v) is 4.51. The van der Waals surface area contributed by atoms with Crippen LogP contribution in [0, 0.1) is 6.92 Å². The van der Waals surface area contributed by atoms with Crippen molar-refractivity contribution in [1.82, 2.24) is 4.98 Å². The summed E-state index contributed by atoms with van der Waals surface area (Å²) < 4.78 is 1.07. The summed E-state index contributed by atoms with van der Waals surface area (Å²) in [5, 5.41) is 3.78. The van der Waals surface area contributed by atoms with Gasteiger partial charge in [-0.2, -0.15) is 0 Å². The Hall–Kier alpha value is -2.19. The van der Waals surface area contributed by atoms with Gasteiger partial charge in [0.2, 0.25) is 0 Å². The second-order valence-electron chi connectivity index (χ2n) is 5.52. The van der Waals surface area contributed by atoms with Gasteiger partial charge in [-0.1, -0.05) is 58.4 Å². The van der Waals surface area contributed by atoms with Crippen molar-refractivity contribution in [3.63, 3.8) is 0 Å². The molecule has 1 nitrogen and oxygen atoms in total. The van der Waals surface area contributed by atoms with E-state index in [-0.39, 0.29) is 0 Å². The monoisotopic (exact) mass is 347 g/mol. The number of halogens is 1. The summed E-state index contributed by atoms with van der Waals surface area (Å²) in [6.07, 6.45) is 0. The third kappa shape index (κ3) is 2.20. The maximum atomic E-state index is 4.88. The van der Waals surface area contributed by atoms with Crippen molar-refractivity contribution in [1.29, 1.82) is 0 Å². The zero-order chi connectivity index (χ0) is 15.1. The van der Waals surface area contributed by atoms with Crippen LogP contribution in [0.2, 0.25) is 0 Å². The molecule has 0 radical (unpaired) electrons. The fraction of sp³-hybridized carbons (Fsp3) is 0.0500. The SMILES string of the molecule is Cc1cc(-c2cccc(Br)c2)nc2ccc3ccccc3c12. The van der Waals surface area contributed by atoms with Crippen molar-refractivity contribution >= 4 is 37.6 Å². The van der Waals surface area contributed by atoms with E-state index in [1.165, 1.54) is 21.7 Å². The van der Waals surface area contributed by atoms with Crippen LogP contribution in [0.5, 0.6) is 0 Å². The molecule has 0 atom stereocenters. The topological polar surface area (TPSA) is 12.9 Å². The van der Waals surface area contributed by atoms with Crippen LogP contribution in [0.1, 0.15) is 5.56 Å². The first-order valence-electron chi connectivity index (χ1n) is 7.27. The average molecular weight is 348 g/mol. The van der Waals surface area contributed by atoms with E-state index < -0.39 is 0 Å². The van der Waals surface area contributed by atoms with Crippen LogP contribution in [-0.4, -0.2) is 4.98 Å². The molecule has 0 amide bonds. The molecule has 0 aliphatic carbocycles. The Bertz CT molecular complexity index is 1000. The van der Waals surface area contributed by atoms with E-state index in [1.807, 2.05) is 12.1 Å². The Morgan fingerprint density at radius 2 is 1.73 bits per heavy atom. The lowest BCUT2D eigenvalue weighted by Crippen LogP contribution is -1.90. The molecule has 0 bridgehead atoms. The van der Waals surface area contributed by atoms with Gasteiger partial charge in [-0.05, 0) is 47.5 Å². The van der Waals surface area contributed by atoms with Gasteiger partial charge in [0.25, 0.3) is 0 Å². The van der Waals surface area contributed by atoms with Crippen LogP contribution in [0.4, 0.5) is 0 Å².